The van der Waals surface area contributed by atoms with Crippen molar-refractivity contribution in [2.24, 2.45) is 11.7 Å². The fourth-order valence-corrected chi connectivity index (χ4v) is 2.77. The van der Waals surface area contributed by atoms with Crippen molar-refractivity contribution in [1.82, 2.24) is 4.72 Å². The first-order valence-corrected chi connectivity index (χ1v) is 8.46. The quantitative estimate of drug-likeness (QED) is 0.706. The number of benzene rings is 1. The Morgan fingerprint density at radius 2 is 1.81 bits per heavy atom. The Morgan fingerprint density at radius 1 is 1.24 bits per heavy atom. The third kappa shape index (κ3) is 4.80. The van der Waals surface area contributed by atoms with E-state index in [1.54, 1.807) is 19.1 Å². The van der Waals surface area contributed by atoms with Gasteiger partial charge in [0, 0.05) is 12.2 Å². The van der Waals surface area contributed by atoms with Gasteiger partial charge in [0.05, 0.1) is 10.9 Å². The second-order valence-corrected chi connectivity index (χ2v) is 6.69. The normalized spacial score (nSPS) is 14.5. The third-order valence-electron chi connectivity index (χ3n) is 3.33. The van der Waals surface area contributed by atoms with Gasteiger partial charge in [0.25, 0.3) is 0 Å². The Hall–Kier alpha value is -1.44. The maximum Gasteiger partial charge on any atom is 0.241 e. The highest BCUT2D eigenvalue weighted by Gasteiger charge is 2.19. The van der Waals surface area contributed by atoms with E-state index >= 15 is 0 Å². The zero-order valence-electron chi connectivity index (χ0n) is 12.6. The lowest BCUT2D eigenvalue weighted by molar-refractivity contribution is -0.118. The van der Waals surface area contributed by atoms with E-state index in [1.807, 2.05) is 13.8 Å². The third-order valence-corrected chi connectivity index (χ3v) is 4.89. The van der Waals surface area contributed by atoms with Crippen LogP contribution in [0.15, 0.2) is 29.2 Å². The zero-order chi connectivity index (χ0) is 16.0. The van der Waals surface area contributed by atoms with Crippen LogP contribution in [-0.4, -0.2) is 26.9 Å². The molecule has 0 aliphatic carbocycles. The molecule has 0 saturated carbocycles. The van der Waals surface area contributed by atoms with Gasteiger partial charge in [-0.3, -0.25) is 4.79 Å². The van der Waals surface area contributed by atoms with Gasteiger partial charge in [-0.2, -0.15) is 0 Å². The van der Waals surface area contributed by atoms with E-state index in [-0.39, 0.29) is 16.7 Å². The minimum Gasteiger partial charge on any atom is -0.325 e. The standard InChI is InChI=1S/C14H23N3O3S/c1-4-10(3)13(15)14(18)17-11-6-8-12(9-7-11)21(19,20)16-5-2/h6-10,13,16H,4-5,15H2,1-3H3,(H,17,18). The Balaban J connectivity index is 2.78. The van der Waals surface area contributed by atoms with Crippen molar-refractivity contribution in [3.8, 4) is 0 Å². The molecule has 0 fully saturated rings. The molecule has 21 heavy (non-hydrogen) atoms. The SMILES string of the molecule is CCNS(=O)(=O)c1ccc(NC(=O)C(N)C(C)CC)cc1. The monoisotopic (exact) mass is 313 g/mol. The van der Waals surface area contributed by atoms with Crippen molar-refractivity contribution in [1.29, 1.82) is 0 Å². The van der Waals surface area contributed by atoms with Gasteiger partial charge >= 0.3 is 0 Å². The summed E-state index contributed by atoms with van der Waals surface area (Å²) in [6, 6.07) is 5.40. The van der Waals surface area contributed by atoms with Crippen LogP contribution in [0, 0.1) is 5.92 Å². The number of anilines is 1. The lowest BCUT2D eigenvalue weighted by Crippen LogP contribution is -2.40. The maximum atomic E-state index is 11.9. The van der Waals surface area contributed by atoms with Crippen LogP contribution in [-0.2, 0) is 14.8 Å². The number of carbonyl (C=O) groups is 1. The van der Waals surface area contributed by atoms with Crippen LogP contribution in [0.25, 0.3) is 0 Å². The van der Waals surface area contributed by atoms with Crippen molar-refractivity contribution in [3.63, 3.8) is 0 Å². The molecule has 6 nitrogen and oxygen atoms in total. The van der Waals surface area contributed by atoms with Gasteiger partial charge in [-0.05, 0) is 30.2 Å². The van der Waals surface area contributed by atoms with E-state index in [2.05, 4.69) is 10.0 Å². The summed E-state index contributed by atoms with van der Waals surface area (Å²) < 4.78 is 26.0. The Morgan fingerprint density at radius 3 is 2.29 bits per heavy atom. The van der Waals surface area contributed by atoms with Crippen molar-refractivity contribution in [2.45, 2.75) is 38.1 Å². The molecule has 4 N–H and O–H groups in total. The summed E-state index contributed by atoms with van der Waals surface area (Å²) >= 11 is 0. The van der Waals surface area contributed by atoms with Crippen molar-refractivity contribution >= 4 is 21.6 Å². The van der Waals surface area contributed by atoms with Crippen LogP contribution in [0.4, 0.5) is 5.69 Å². The van der Waals surface area contributed by atoms with E-state index in [0.29, 0.717) is 12.2 Å². The maximum absolute atomic E-state index is 11.9. The first-order valence-electron chi connectivity index (χ1n) is 6.98. The number of sulfonamides is 1. The second-order valence-electron chi connectivity index (χ2n) is 4.93. The molecule has 0 saturated heterocycles. The smallest absolute Gasteiger partial charge is 0.241 e. The van der Waals surface area contributed by atoms with Crippen LogP contribution in [0.5, 0.6) is 0 Å². The van der Waals surface area contributed by atoms with Crippen molar-refractivity contribution in [3.05, 3.63) is 24.3 Å². The highest BCUT2D eigenvalue weighted by Crippen LogP contribution is 2.15. The molecule has 2 atom stereocenters. The Labute approximate surface area is 126 Å². The van der Waals surface area contributed by atoms with Gasteiger partial charge in [-0.1, -0.05) is 27.2 Å². The minimum absolute atomic E-state index is 0.0819. The van der Waals surface area contributed by atoms with Gasteiger partial charge in [0.1, 0.15) is 0 Å². The van der Waals surface area contributed by atoms with Crippen LogP contribution >= 0.6 is 0 Å². The molecule has 0 aromatic heterocycles. The largest absolute Gasteiger partial charge is 0.325 e. The number of nitrogens with two attached hydrogens (primary N) is 1. The van der Waals surface area contributed by atoms with Crippen LogP contribution in [0.2, 0.25) is 0 Å². The summed E-state index contributed by atoms with van der Waals surface area (Å²) in [4.78, 5) is 12.1. The van der Waals surface area contributed by atoms with Gasteiger partial charge in [-0.15, -0.1) is 0 Å². The minimum atomic E-state index is -3.48. The molecule has 1 amide bonds. The predicted molar refractivity (Wildman–Crippen MR) is 83.4 cm³/mol. The molecule has 0 radical (unpaired) electrons. The van der Waals surface area contributed by atoms with E-state index in [4.69, 9.17) is 5.73 Å². The van der Waals surface area contributed by atoms with E-state index < -0.39 is 16.1 Å². The van der Waals surface area contributed by atoms with Crippen LogP contribution in [0.3, 0.4) is 0 Å². The fraction of sp³-hybridized carbons (Fsp3) is 0.500. The fourth-order valence-electron chi connectivity index (χ4n) is 1.73. The highest BCUT2D eigenvalue weighted by atomic mass is 32.2. The summed E-state index contributed by atoms with van der Waals surface area (Å²) in [6.45, 7) is 5.92. The number of carbonyl (C=O) groups excluding carboxylic acids is 1. The molecule has 0 aliphatic rings. The summed E-state index contributed by atoms with van der Waals surface area (Å²) in [5.74, 6) is -0.190. The average Bonchev–Trinajstić information content (AvgIpc) is 2.46. The van der Waals surface area contributed by atoms with E-state index in [9.17, 15) is 13.2 Å². The van der Waals surface area contributed by atoms with Gasteiger partial charge in [-0.25, -0.2) is 13.1 Å². The van der Waals surface area contributed by atoms with Crippen molar-refractivity contribution < 1.29 is 13.2 Å². The zero-order valence-corrected chi connectivity index (χ0v) is 13.4. The van der Waals surface area contributed by atoms with Gasteiger partial charge in [0.2, 0.25) is 15.9 Å². The molecule has 1 aromatic carbocycles. The lowest BCUT2D eigenvalue weighted by atomic mass is 9.99. The highest BCUT2D eigenvalue weighted by molar-refractivity contribution is 7.89. The Bertz CT molecular complexity index is 570. The number of hydrogen-bond donors (Lipinski definition) is 3. The van der Waals surface area contributed by atoms with Crippen LogP contribution < -0.4 is 15.8 Å². The molecular formula is C14H23N3O3S. The molecule has 7 heteroatoms. The van der Waals surface area contributed by atoms with Gasteiger partial charge < -0.3 is 11.1 Å². The first kappa shape index (κ1) is 17.6. The molecule has 118 valence electrons. The summed E-state index contributed by atoms with van der Waals surface area (Å²) in [5, 5.41) is 2.69. The summed E-state index contributed by atoms with van der Waals surface area (Å²) in [7, 11) is -3.48. The van der Waals surface area contributed by atoms with Crippen molar-refractivity contribution in [2.75, 3.05) is 11.9 Å². The molecule has 0 spiro atoms. The van der Waals surface area contributed by atoms with Gasteiger partial charge in [0.15, 0.2) is 0 Å². The van der Waals surface area contributed by atoms with Crippen LogP contribution in [0.1, 0.15) is 27.2 Å². The Kier molecular flexibility index (Phi) is 6.32. The number of nitrogens with one attached hydrogen (secondary N) is 2. The molecule has 0 heterocycles. The summed E-state index contributed by atoms with van der Waals surface area (Å²) in [6.07, 6.45) is 0.814. The van der Waals surface area contributed by atoms with E-state index in [1.165, 1.54) is 12.1 Å². The molecule has 2 unspecified atom stereocenters. The topological polar surface area (TPSA) is 101 Å². The van der Waals surface area contributed by atoms with E-state index in [0.717, 1.165) is 6.42 Å². The predicted octanol–water partition coefficient (Wildman–Crippen LogP) is 1.30. The molecule has 1 aromatic rings. The molecular weight excluding hydrogens is 290 g/mol. The first-order chi connectivity index (χ1) is 9.81. The molecule has 0 bridgehead atoms. The summed E-state index contributed by atoms with van der Waals surface area (Å²) in [5.41, 5.74) is 6.36. The lowest BCUT2D eigenvalue weighted by Gasteiger charge is -2.17. The average molecular weight is 313 g/mol. The number of amides is 1. The number of rotatable bonds is 7. The molecule has 1 rings (SSSR count). The molecule has 0 aliphatic heterocycles. The second kappa shape index (κ2) is 7.53. The number of hydrogen-bond acceptors (Lipinski definition) is 4.